The SMILES string of the molecule is CCOC(=O)[C@@H]1CCCCN1CCC(=O)Nc1nccs1. The molecule has 21 heavy (non-hydrogen) atoms. The number of aromatic nitrogens is 1. The highest BCUT2D eigenvalue weighted by Crippen LogP contribution is 2.19. The minimum atomic E-state index is -0.202. The average molecular weight is 311 g/mol. The third kappa shape index (κ3) is 4.78. The lowest BCUT2D eigenvalue weighted by Gasteiger charge is -2.33. The molecule has 0 radical (unpaired) electrons. The van der Waals surface area contributed by atoms with Crippen molar-refractivity contribution in [1.29, 1.82) is 0 Å². The first-order valence-corrected chi connectivity index (χ1v) is 8.18. The normalized spacial score (nSPS) is 19.2. The molecule has 7 heteroatoms. The summed E-state index contributed by atoms with van der Waals surface area (Å²) in [7, 11) is 0. The van der Waals surface area contributed by atoms with Crippen LogP contribution in [0.2, 0.25) is 0 Å². The molecule has 116 valence electrons. The molecule has 2 rings (SSSR count). The fourth-order valence-electron chi connectivity index (χ4n) is 2.48. The van der Waals surface area contributed by atoms with Gasteiger partial charge in [0.05, 0.1) is 6.61 Å². The second kappa shape index (κ2) is 8.09. The number of ether oxygens (including phenoxy) is 1. The first-order valence-electron chi connectivity index (χ1n) is 7.30. The van der Waals surface area contributed by atoms with E-state index in [4.69, 9.17) is 4.74 Å². The van der Waals surface area contributed by atoms with Crippen LogP contribution in [-0.4, -0.2) is 47.5 Å². The quantitative estimate of drug-likeness (QED) is 0.812. The number of esters is 1. The minimum Gasteiger partial charge on any atom is -0.465 e. The van der Waals surface area contributed by atoms with E-state index in [9.17, 15) is 9.59 Å². The van der Waals surface area contributed by atoms with E-state index in [-0.39, 0.29) is 17.9 Å². The Hall–Kier alpha value is -1.47. The Balaban J connectivity index is 1.81. The summed E-state index contributed by atoms with van der Waals surface area (Å²) in [4.78, 5) is 29.9. The van der Waals surface area contributed by atoms with Crippen LogP contribution < -0.4 is 5.32 Å². The Morgan fingerprint density at radius 2 is 2.38 bits per heavy atom. The number of hydrogen-bond acceptors (Lipinski definition) is 6. The summed E-state index contributed by atoms with van der Waals surface area (Å²) in [5.74, 6) is -0.240. The van der Waals surface area contributed by atoms with Gasteiger partial charge in [-0.05, 0) is 26.3 Å². The number of rotatable bonds is 6. The van der Waals surface area contributed by atoms with Crippen molar-refractivity contribution in [1.82, 2.24) is 9.88 Å². The van der Waals surface area contributed by atoms with Crippen molar-refractivity contribution in [3.63, 3.8) is 0 Å². The monoisotopic (exact) mass is 311 g/mol. The predicted molar refractivity (Wildman–Crippen MR) is 81.2 cm³/mol. The molecule has 6 nitrogen and oxygen atoms in total. The molecule has 1 aromatic rings. The molecule has 1 amide bonds. The van der Waals surface area contributed by atoms with Gasteiger partial charge in [-0.3, -0.25) is 14.5 Å². The van der Waals surface area contributed by atoms with Gasteiger partial charge < -0.3 is 10.1 Å². The lowest BCUT2D eigenvalue weighted by molar-refractivity contribution is -0.151. The van der Waals surface area contributed by atoms with Crippen LogP contribution in [-0.2, 0) is 14.3 Å². The van der Waals surface area contributed by atoms with Crippen LogP contribution in [0.5, 0.6) is 0 Å². The second-order valence-corrected chi connectivity index (χ2v) is 5.83. The van der Waals surface area contributed by atoms with Gasteiger partial charge in [-0.25, -0.2) is 4.98 Å². The van der Waals surface area contributed by atoms with Gasteiger partial charge in [0.2, 0.25) is 5.91 Å². The highest BCUT2D eigenvalue weighted by molar-refractivity contribution is 7.13. The van der Waals surface area contributed by atoms with E-state index < -0.39 is 0 Å². The fraction of sp³-hybridized carbons (Fsp3) is 0.643. The van der Waals surface area contributed by atoms with E-state index in [1.165, 1.54) is 11.3 Å². The lowest BCUT2D eigenvalue weighted by atomic mass is 10.0. The standard InChI is InChI=1S/C14H21N3O3S/c1-2-20-13(19)11-5-3-4-8-17(11)9-6-12(18)16-14-15-7-10-21-14/h7,10-11H,2-6,8-9H2,1H3,(H,15,16,18)/t11-/m0/s1. The van der Waals surface area contributed by atoms with Crippen LogP contribution in [0, 0.1) is 0 Å². The first kappa shape index (κ1) is 15.9. The number of amides is 1. The molecule has 0 aliphatic carbocycles. The topological polar surface area (TPSA) is 71.5 Å². The molecule has 1 fully saturated rings. The van der Waals surface area contributed by atoms with Crippen molar-refractivity contribution in [2.75, 3.05) is 25.0 Å². The molecular weight excluding hydrogens is 290 g/mol. The van der Waals surface area contributed by atoms with Crippen molar-refractivity contribution in [3.05, 3.63) is 11.6 Å². The molecule has 1 atom stereocenters. The largest absolute Gasteiger partial charge is 0.465 e. The van der Waals surface area contributed by atoms with Gasteiger partial charge in [0.25, 0.3) is 0 Å². The second-order valence-electron chi connectivity index (χ2n) is 4.94. The number of thiazole rings is 1. The highest BCUT2D eigenvalue weighted by Gasteiger charge is 2.29. The third-order valence-corrected chi connectivity index (χ3v) is 4.17. The van der Waals surface area contributed by atoms with Gasteiger partial charge in [0, 0.05) is 24.5 Å². The summed E-state index contributed by atoms with van der Waals surface area (Å²) >= 11 is 1.39. The summed E-state index contributed by atoms with van der Waals surface area (Å²) in [6.07, 6.45) is 4.92. The van der Waals surface area contributed by atoms with Crippen molar-refractivity contribution in [2.45, 2.75) is 38.6 Å². The van der Waals surface area contributed by atoms with Crippen LogP contribution in [0.3, 0.4) is 0 Å². The number of nitrogens with zero attached hydrogens (tertiary/aromatic N) is 2. The number of piperidine rings is 1. The molecule has 0 unspecified atom stereocenters. The Morgan fingerprint density at radius 1 is 1.52 bits per heavy atom. The summed E-state index contributed by atoms with van der Waals surface area (Å²) in [6.45, 7) is 3.62. The highest BCUT2D eigenvalue weighted by atomic mass is 32.1. The summed E-state index contributed by atoms with van der Waals surface area (Å²) < 4.78 is 5.11. The maximum absolute atomic E-state index is 11.9. The summed E-state index contributed by atoms with van der Waals surface area (Å²) in [5, 5.41) is 5.18. The predicted octanol–water partition coefficient (Wildman–Crippen LogP) is 1.89. The smallest absolute Gasteiger partial charge is 0.323 e. The lowest BCUT2D eigenvalue weighted by Crippen LogP contribution is -2.46. The summed E-state index contributed by atoms with van der Waals surface area (Å²) in [6, 6.07) is -0.202. The van der Waals surface area contributed by atoms with Gasteiger partial charge >= 0.3 is 5.97 Å². The fourth-order valence-corrected chi connectivity index (χ4v) is 3.02. The number of likely N-dealkylation sites (tertiary alicyclic amines) is 1. The van der Waals surface area contributed by atoms with E-state index in [0.29, 0.717) is 24.7 Å². The number of carbonyl (C=O) groups excluding carboxylic acids is 2. The first-order chi connectivity index (χ1) is 10.2. The van der Waals surface area contributed by atoms with Crippen LogP contribution >= 0.6 is 11.3 Å². The number of anilines is 1. The Labute approximate surface area is 128 Å². The number of carbonyl (C=O) groups is 2. The van der Waals surface area contributed by atoms with E-state index in [0.717, 1.165) is 25.8 Å². The van der Waals surface area contributed by atoms with E-state index in [1.807, 2.05) is 12.3 Å². The van der Waals surface area contributed by atoms with E-state index >= 15 is 0 Å². The van der Waals surface area contributed by atoms with E-state index in [1.54, 1.807) is 6.20 Å². The molecule has 0 bridgehead atoms. The van der Waals surface area contributed by atoms with E-state index in [2.05, 4.69) is 15.2 Å². The van der Waals surface area contributed by atoms with Crippen molar-refractivity contribution < 1.29 is 14.3 Å². The van der Waals surface area contributed by atoms with Gasteiger partial charge in [-0.2, -0.15) is 0 Å². The Bertz CT molecular complexity index is 464. The molecule has 0 saturated carbocycles. The zero-order valence-electron chi connectivity index (χ0n) is 12.2. The van der Waals surface area contributed by atoms with Crippen LogP contribution in [0.15, 0.2) is 11.6 Å². The maximum Gasteiger partial charge on any atom is 0.323 e. The molecule has 1 aromatic heterocycles. The molecular formula is C14H21N3O3S. The zero-order valence-corrected chi connectivity index (χ0v) is 13.0. The van der Waals surface area contributed by atoms with Crippen molar-refractivity contribution in [2.24, 2.45) is 0 Å². The molecule has 2 heterocycles. The summed E-state index contributed by atoms with van der Waals surface area (Å²) in [5.41, 5.74) is 0. The van der Waals surface area contributed by atoms with Gasteiger partial charge in [-0.1, -0.05) is 6.42 Å². The van der Waals surface area contributed by atoms with Crippen LogP contribution in [0.4, 0.5) is 5.13 Å². The minimum absolute atomic E-state index is 0.0712. The average Bonchev–Trinajstić information content (AvgIpc) is 2.98. The molecule has 0 spiro atoms. The van der Waals surface area contributed by atoms with Crippen LogP contribution in [0.1, 0.15) is 32.6 Å². The molecule has 1 aliphatic heterocycles. The van der Waals surface area contributed by atoms with Gasteiger partial charge in [-0.15, -0.1) is 11.3 Å². The maximum atomic E-state index is 11.9. The van der Waals surface area contributed by atoms with Gasteiger partial charge in [0.15, 0.2) is 5.13 Å². The number of hydrogen-bond donors (Lipinski definition) is 1. The van der Waals surface area contributed by atoms with Crippen molar-refractivity contribution in [3.8, 4) is 0 Å². The van der Waals surface area contributed by atoms with Crippen molar-refractivity contribution >= 4 is 28.3 Å². The molecule has 1 aliphatic rings. The Morgan fingerprint density at radius 3 is 3.10 bits per heavy atom. The molecule has 1 N–H and O–H groups in total. The number of nitrogens with one attached hydrogen (secondary N) is 1. The zero-order chi connectivity index (χ0) is 15.1. The molecule has 1 saturated heterocycles. The Kier molecular flexibility index (Phi) is 6.13. The van der Waals surface area contributed by atoms with Gasteiger partial charge in [0.1, 0.15) is 6.04 Å². The third-order valence-electron chi connectivity index (χ3n) is 3.48. The molecule has 0 aromatic carbocycles. The van der Waals surface area contributed by atoms with Crippen LogP contribution in [0.25, 0.3) is 0 Å².